The molecule has 0 spiro atoms. The Morgan fingerprint density at radius 3 is 2.37 bits per heavy atom. The monoisotopic (exact) mass is 530 g/mol. The zero-order valence-electron chi connectivity index (χ0n) is 19.6. The molecule has 3 aromatic carbocycles. The van der Waals surface area contributed by atoms with Gasteiger partial charge < -0.3 is 15.2 Å². The summed E-state index contributed by atoms with van der Waals surface area (Å²) < 4.78 is 2.45. The van der Waals surface area contributed by atoms with Gasteiger partial charge in [-0.15, -0.1) is 12.4 Å². The van der Waals surface area contributed by atoms with Crippen LogP contribution < -0.4 is 10.6 Å². The van der Waals surface area contributed by atoms with Crippen LogP contribution in [-0.2, 0) is 0 Å². The maximum atomic E-state index is 11.8. The predicted octanol–water partition coefficient (Wildman–Crippen LogP) is 6.74. The number of benzene rings is 3. The number of hydrogen-bond acceptors (Lipinski definition) is 3. The molecule has 0 bridgehead atoms. The van der Waals surface area contributed by atoms with E-state index in [0.717, 1.165) is 61.0 Å². The van der Waals surface area contributed by atoms with Crippen LogP contribution in [-0.4, -0.2) is 41.6 Å². The molecule has 0 aliphatic carbocycles. The highest BCUT2D eigenvalue weighted by molar-refractivity contribution is 6.43. The van der Waals surface area contributed by atoms with Crippen LogP contribution in [0, 0.1) is 0 Å². The first-order valence-electron chi connectivity index (χ1n) is 11.7. The van der Waals surface area contributed by atoms with Crippen molar-refractivity contribution in [2.24, 2.45) is 5.73 Å². The average molecular weight is 532 g/mol. The van der Waals surface area contributed by atoms with E-state index in [9.17, 15) is 4.79 Å². The molecule has 1 aliphatic rings. The number of nitrogens with zero attached hydrogens (tertiary/aromatic N) is 3. The number of piperazine rings is 1. The molecule has 1 aliphatic heterocycles. The van der Waals surface area contributed by atoms with Crippen LogP contribution in [0.4, 0.5) is 5.69 Å². The van der Waals surface area contributed by atoms with E-state index in [0.29, 0.717) is 15.6 Å². The van der Waals surface area contributed by atoms with Gasteiger partial charge in [0.25, 0.3) is 0 Å². The minimum absolute atomic E-state index is 0. The number of hydrogen-bond donors (Lipinski definition) is 1. The van der Waals surface area contributed by atoms with Crippen LogP contribution in [0.3, 0.4) is 0 Å². The maximum absolute atomic E-state index is 11.8. The van der Waals surface area contributed by atoms with Gasteiger partial charge in [-0.3, -0.25) is 9.69 Å². The minimum atomic E-state index is -0.403. The molecule has 4 aromatic rings. The Kier molecular flexibility index (Phi) is 7.82. The number of carbonyl (C=O) groups excluding carboxylic acids is 1. The Morgan fingerprint density at radius 2 is 1.66 bits per heavy atom. The van der Waals surface area contributed by atoms with Gasteiger partial charge in [-0.25, -0.2) is 0 Å². The molecule has 5 nitrogen and oxygen atoms in total. The van der Waals surface area contributed by atoms with Crippen molar-refractivity contribution in [3.05, 3.63) is 76.3 Å². The fourth-order valence-electron chi connectivity index (χ4n) is 5.21. The van der Waals surface area contributed by atoms with E-state index >= 15 is 0 Å². The molecule has 1 saturated heterocycles. The smallest absolute Gasteiger partial charge is 0.248 e. The van der Waals surface area contributed by atoms with Crippen molar-refractivity contribution >= 4 is 69.0 Å². The maximum Gasteiger partial charge on any atom is 0.248 e. The largest absolute Gasteiger partial charge is 0.368 e. The van der Waals surface area contributed by atoms with Crippen molar-refractivity contribution < 1.29 is 4.79 Å². The van der Waals surface area contributed by atoms with Crippen LogP contribution in [0.5, 0.6) is 0 Å². The molecule has 1 unspecified atom stereocenters. The molecular weight excluding hydrogens is 503 g/mol. The number of fused-ring (bicyclic) bond motifs is 3. The average Bonchev–Trinajstić information content (AvgIpc) is 3.18. The van der Waals surface area contributed by atoms with Gasteiger partial charge in [-0.2, -0.15) is 0 Å². The molecule has 1 aromatic heterocycles. The Labute approximate surface area is 221 Å². The second-order valence-corrected chi connectivity index (χ2v) is 9.63. The number of nitrogens with two attached hydrogens (primary N) is 1. The summed E-state index contributed by atoms with van der Waals surface area (Å²) in [6, 6.07) is 20.0. The highest BCUT2D eigenvalue weighted by atomic mass is 35.5. The van der Waals surface area contributed by atoms with Crippen molar-refractivity contribution in [2.75, 3.05) is 31.1 Å². The number of para-hydroxylation sites is 1. The molecular formula is C27H29Cl3N4O. The zero-order valence-corrected chi connectivity index (χ0v) is 21.9. The fraction of sp³-hybridized carbons (Fsp3) is 0.296. The standard InChI is InChI=1S/C27H28Cl2N4O.ClH/c1-2-6-25(32-15-13-31(14-16-32)24-10-5-8-21(28)26(24)29)33-22-9-4-3-7-19(22)20-17-18(27(30)34)11-12-23(20)33;/h3-5,7-12,17,25H,2,6,13-16H2,1H3,(H2,30,34);1H. The lowest BCUT2D eigenvalue weighted by Gasteiger charge is -2.41. The van der Waals surface area contributed by atoms with Crippen LogP contribution >= 0.6 is 35.6 Å². The summed E-state index contributed by atoms with van der Waals surface area (Å²) in [5, 5.41) is 3.42. The van der Waals surface area contributed by atoms with Gasteiger partial charge >= 0.3 is 0 Å². The first-order chi connectivity index (χ1) is 16.5. The van der Waals surface area contributed by atoms with Gasteiger partial charge in [0.2, 0.25) is 5.91 Å². The van der Waals surface area contributed by atoms with Gasteiger partial charge in [0, 0.05) is 42.5 Å². The van der Waals surface area contributed by atoms with Gasteiger partial charge in [0.05, 0.1) is 32.9 Å². The minimum Gasteiger partial charge on any atom is -0.368 e. The van der Waals surface area contributed by atoms with Crippen LogP contribution in [0.2, 0.25) is 10.0 Å². The van der Waals surface area contributed by atoms with E-state index in [2.05, 4.69) is 39.5 Å². The van der Waals surface area contributed by atoms with Gasteiger partial charge in [-0.1, -0.05) is 60.8 Å². The number of aromatic nitrogens is 1. The van der Waals surface area contributed by atoms with Crippen molar-refractivity contribution in [3.63, 3.8) is 0 Å². The summed E-state index contributed by atoms with van der Waals surface area (Å²) in [6.45, 7) is 5.82. The number of primary amides is 1. The third-order valence-electron chi connectivity index (χ3n) is 6.85. The summed E-state index contributed by atoms with van der Waals surface area (Å²) in [5.74, 6) is -0.403. The van der Waals surface area contributed by atoms with Gasteiger partial charge in [0.1, 0.15) is 0 Å². The normalized spacial score (nSPS) is 15.3. The zero-order chi connectivity index (χ0) is 23.8. The third-order valence-corrected chi connectivity index (χ3v) is 7.66. The van der Waals surface area contributed by atoms with Gasteiger partial charge in [-0.05, 0) is 42.8 Å². The van der Waals surface area contributed by atoms with Crippen molar-refractivity contribution in [3.8, 4) is 0 Å². The second-order valence-electron chi connectivity index (χ2n) is 8.85. The fourth-order valence-corrected chi connectivity index (χ4v) is 5.62. The number of anilines is 1. The lowest BCUT2D eigenvalue weighted by molar-refractivity contribution is 0.100. The molecule has 0 saturated carbocycles. The van der Waals surface area contributed by atoms with E-state index in [-0.39, 0.29) is 18.6 Å². The number of rotatable bonds is 6. The van der Waals surface area contributed by atoms with Crippen molar-refractivity contribution in [1.82, 2.24) is 9.47 Å². The quantitative estimate of drug-likeness (QED) is 0.300. The summed E-state index contributed by atoms with van der Waals surface area (Å²) >= 11 is 12.8. The Bertz CT molecular complexity index is 1360. The van der Waals surface area contributed by atoms with Crippen LogP contribution in [0.1, 0.15) is 36.3 Å². The molecule has 35 heavy (non-hydrogen) atoms. The number of amides is 1. The molecule has 2 heterocycles. The molecule has 0 radical (unpaired) electrons. The first kappa shape index (κ1) is 25.6. The summed E-state index contributed by atoms with van der Waals surface area (Å²) in [7, 11) is 0. The Hall–Kier alpha value is -2.44. The van der Waals surface area contributed by atoms with Crippen LogP contribution in [0.25, 0.3) is 21.8 Å². The molecule has 184 valence electrons. The lowest BCUT2D eigenvalue weighted by Crippen LogP contribution is -2.49. The SMILES string of the molecule is CCCC(N1CCN(c2cccc(Cl)c2Cl)CC1)n1c2ccccc2c2cc(C(N)=O)ccc21.Cl. The summed E-state index contributed by atoms with van der Waals surface area (Å²) in [4.78, 5) is 16.7. The molecule has 1 atom stereocenters. The first-order valence-corrected chi connectivity index (χ1v) is 12.5. The number of carbonyl (C=O) groups is 1. The molecule has 2 N–H and O–H groups in total. The second kappa shape index (κ2) is 10.7. The lowest BCUT2D eigenvalue weighted by atomic mass is 10.1. The van der Waals surface area contributed by atoms with Crippen LogP contribution in [0.15, 0.2) is 60.7 Å². The predicted molar refractivity (Wildman–Crippen MR) is 149 cm³/mol. The third kappa shape index (κ3) is 4.70. The molecule has 5 rings (SSSR count). The molecule has 1 fully saturated rings. The highest BCUT2D eigenvalue weighted by Gasteiger charge is 2.28. The Morgan fingerprint density at radius 1 is 0.943 bits per heavy atom. The van der Waals surface area contributed by atoms with E-state index in [1.54, 1.807) is 0 Å². The van der Waals surface area contributed by atoms with E-state index in [1.807, 2.05) is 42.5 Å². The van der Waals surface area contributed by atoms with Gasteiger partial charge in [0.15, 0.2) is 0 Å². The van der Waals surface area contributed by atoms with Crippen molar-refractivity contribution in [2.45, 2.75) is 25.9 Å². The van der Waals surface area contributed by atoms with E-state index in [1.165, 1.54) is 5.52 Å². The summed E-state index contributed by atoms with van der Waals surface area (Å²) in [5.41, 5.74) is 9.43. The highest BCUT2D eigenvalue weighted by Crippen LogP contribution is 2.37. The molecule has 1 amide bonds. The topological polar surface area (TPSA) is 54.5 Å². The van der Waals surface area contributed by atoms with E-state index < -0.39 is 5.91 Å². The van der Waals surface area contributed by atoms with Crippen molar-refractivity contribution in [1.29, 1.82) is 0 Å². The molecule has 8 heteroatoms. The Balaban J connectivity index is 0.00000289. The summed E-state index contributed by atoms with van der Waals surface area (Å²) in [6.07, 6.45) is 2.31. The van der Waals surface area contributed by atoms with E-state index in [4.69, 9.17) is 28.9 Å². The number of halogens is 3.